The molecule has 0 spiro atoms. The summed E-state index contributed by atoms with van der Waals surface area (Å²) < 4.78 is 2.06. The fraction of sp³-hybridized carbons (Fsp3) is 0.529. The summed E-state index contributed by atoms with van der Waals surface area (Å²) in [7, 11) is 1.91. The second-order valence-electron chi connectivity index (χ2n) is 6.54. The van der Waals surface area contributed by atoms with Gasteiger partial charge in [0.15, 0.2) is 0 Å². The summed E-state index contributed by atoms with van der Waals surface area (Å²) in [4.78, 5) is 6.78. The van der Waals surface area contributed by atoms with Crippen molar-refractivity contribution in [2.45, 2.75) is 38.6 Å². The Morgan fingerprint density at radius 3 is 3.04 bits per heavy atom. The highest BCUT2D eigenvalue weighted by Gasteiger charge is 2.33. The highest BCUT2D eigenvalue weighted by atomic mass is 16.3. The van der Waals surface area contributed by atoms with Crippen molar-refractivity contribution >= 4 is 5.82 Å². The molecule has 23 heavy (non-hydrogen) atoms. The minimum Gasteiger partial charge on any atom is -0.386 e. The zero-order valence-corrected chi connectivity index (χ0v) is 13.4. The van der Waals surface area contributed by atoms with Crippen molar-refractivity contribution in [3.05, 3.63) is 41.3 Å². The Labute approximate surface area is 136 Å². The zero-order chi connectivity index (χ0) is 15.8. The molecule has 6 heteroatoms. The summed E-state index contributed by atoms with van der Waals surface area (Å²) in [5, 5.41) is 18.0. The monoisotopic (exact) mass is 313 g/mol. The summed E-state index contributed by atoms with van der Waals surface area (Å²) in [5.74, 6) is 1.37. The molecule has 0 aromatic carbocycles. The van der Waals surface area contributed by atoms with Crippen LogP contribution in [0.2, 0.25) is 0 Å². The second-order valence-corrected chi connectivity index (χ2v) is 6.54. The molecule has 0 saturated heterocycles. The van der Waals surface area contributed by atoms with Crippen LogP contribution in [0.5, 0.6) is 0 Å². The largest absolute Gasteiger partial charge is 0.386 e. The third kappa shape index (κ3) is 2.96. The number of aliphatic hydroxyl groups excluding tert-OH is 1. The Hall–Kier alpha value is -1.92. The molecule has 1 aliphatic heterocycles. The van der Waals surface area contributed by atoms with E-state index in [9.17, 15) is 5.11 Å². The number of nitrogens with zero attached hydrogens (tertiary/aromatic N) is 4. The quantitative estimate of drug-likeness (QED) is 0.881. The van der Waals surface area contributed by atoms with Crippen molar-refractivity contribution in [3.63, 3.8) is 0 Å². The van der Waals surface area contributed by atoms with Crippen molar-refractivity contribution < 1.29 is 5.11 Å². The van der Waals surface area contributed by atoms with E-state index in [1.807, 2.05) is 19.3 Å². The molecule has 4 rings (SSSR count). The molecule has 1 aliphatic carbocycles. The standard InChI is InChI=1S/C17H23N5O/c1-18-17-13(3-2-6-19-17)10-21-7-8-22-14(11-21)9-15(20-22)16(23)12-4-5-12/h2-3,6,9,12,16,23H,4-5,7-8,10-11H2,1H3,(H,18,19)/t16-/m0/s1. The molecule has 6 nitrogen and oxygen atoms in total. The van der Waals surface area contributed by atoms with E-state index in [-0.39, 0.29) is 6.10 Å². The van der Waals surface area contributed by atoms with Crippen LogP contribution in [0.1, 0.15) is 35.9 Å². The number of anilines is 1. The van der Waals surface area contributed by atoms with Crippen molar-refractivity contribution in [3.8, 4) is 0 Å². The highest BCUT2D eigenvalue weighted by Crippen LogP contribution is 2.40. The van der Waals surface area contributed by atoms with Gasteiger partial charge in [-0.1, -0.05) is 6.07 Å². The lowest BCUT2D eigenvalue weighted by Crippen LogP contribution is -2.33. The van der Waals surface area contributed by atoms with Crippen LogP contribution in [0.3, 0.4) is 0 Å². The molecule has 0 amide bonds. The van der Waals surface area contributed by atoms with Crippen molar-refractivity contribution in [1.29, 1.82) is 0 Å². The smallest absolute Gasteiger partial charge is 0.130 e. The molecule has 2 aromatic rings. The number of hydrogen-bond acceptors (Lipinski definition) is 5. The first kappa shape index (κ1) is 14.7. The van der Waals surface area contributed by atoms with Gasteiger partial charge >= 0.3 is 0 Å². The van der Waals surface area contributed by atoms with Crippen LogP contribution < -0.4 is 5.32 Å². The molecule has 2 aliphatic rings. The molecule has 2 N–H and O–H groups in total. The Bertz CT molecular complexity index is 694. The van der Waals surface area contributed by atoms with Crippen LogP contribution in [0.25, 0.3) is 0 Å². The predicted molar refractivity (Wildman–Crippen MR) is 87.8 cm³/mol. The van der Waals surface area contributed by atoms with Gasteiger partial charge in [0.1, 0.15) is 11.9 Å². The third-order valence-corrected chi connectivity index (χ3v) is 4.79. The molecular formula is C17H23N5O. The van der Waals surface area contributed by atoms with Crippen LogP contribution >= 0.6 is 0 Å². The molecular weight excluding hydrogens is 290 g/mol. The fourth-order valence-corrected chi connectivity index (χ4v) is 3.31. The first-order valence-electron chi connectivity index (χ1n) is 8.33. The van der Waals surface area contributed by atoms with Crippen molar-refractivity contribution in [1.82, 2.24) is 19.7 Å². The number of pyridine rings is 1. The summed E-state index contributed by atoms with van der Waals surface area (Å²) in [6, 6.07) is 6.18. The summed E-state index contributed by atoms with van der Waals surface area (Å²) in [5.41, 5.74) is 3.25. The summed E-state index contributed by atoms with van der Waals surface area (Å²) in [6.07, 6.45) is 3.69. The molecule has 0 radical (unpaired) electrons. The van der Waals surface area contributed by atoms with E-state index < -0.39 is 0 Å². The normalized spacial score (nSPS) is 19.4. The van der Waals surface area contributed by atoms with Gasteiger partial charge in [-0.3, -0.25) is 9.58 Å². The van der Waals surface area contributed by atoms with Gasteiger partial charge in [-0.25, -0.2) is 4.98 Å². The zero-order valence-electron chi connectivity index (χ0n) is 13.4. The van der Waals surface area contributed by atoms with E-state index in [1.54, 1.807) is 0 Å². The van der Waals surface area contributed by atoms with Crippen LogP contribution in [-0.2, 0) is 19.6 Å². The SMILES string of the molecule is CNc1ncccc1CN1CCn2nc([C@@H](O)C3CC3)cc2C1. The third-order valence-electron chi connectivity index (χ3n) is 4.79. The maximum Gasteiger partial charge on any atom is 0.130 e. The number of nitrogens with one attached hydrogen (secondary N) is 1. The predicted octanol–water partition coefficient (Wildman–Crippen LogP) is 1.78. The van der Waals surface area contributed by atoms with Crippen LogP contribution in [-0.4, -0.2) is 38.4 Å². The van der Waals surface area contributed by atoms with Gasteiger partial charge in [0.2, 0.25) is 0 Å². The van der Waals surface area contributed by atoms with E-state index >= 15 is 0 Å². The van der Waals surface area contributed by atoms with Gasteiger partial charge < -0.3 is 10.4 Å². The Kier molecular flexibility index (Phi) is 3.79. The number of hydrogen-bond donors (Lipinski definition) is 2. The van der Waals surface area contributed by atoms with Gasteiger partial charge in [0, 0.05) is 38.4 Å². The lowest BCUT2D eigenvalue weighted by Gasteiger charge is -2.27. The molecule has 3 heterocycles. The van der Waals surface area contributed by atoms with Gasteiger partial charge in [0.05, 0.1) is 17.9 Å². The second kappa shape index (κ2) is 5.94. The maximum absolute atomic E-state index is 10.3. The van der Waals surface area contributed by atoms with Crippen LogP contribution in [0.15, 0.2) is 24.4 Å². The number of aliphatic hydroxyl groups is 1. The van der Waals surface area contributed by atoms with Gasteiger partial charge in [-0.15, -0.1) is 0 Å². The Morgan fingerprint density at radius 1 is 1.39 bits per heavy atom. The first-order valence-corrected chi connectivity index (χ1v) is 8.33. The minimum absolute atomic E-state index is 0.379. The fourth-order valence-electron chi connectivity index (χ4n) is 3.31. The lowest BCUT2D eigenvalue weighted by atomic mass is 10.1. The van der Waals surface area contributed by atoms with E-state index in [2.05, 4.69) is 37.1 Å². The Morgan fingerprint density at radius 2 is 2.26 bits per heavy atom. The minimum atomic E-state index is -0.379. The van der Waals surface area contributed by atoms with Gasteiger partial charge in [-0.05, 0) is 30.9 Å². The van der Waals surface area contributed by atoms with E-state index in [0.717, 1.165) is 50.5 Å². The van der Waals surface area contributed by atoms with Gasteiger partial charge in [-0.2, -0.15) is 5.10 Å². The van der Waals surface area contributed by atoms with E-state index in [0.29, 0.717) is 5.92 Å². The van der Waals surface area contributed by atoms with Crippen LogP contribution in [0, 0.1) is 5.92 Å². The molecule has 122 valence electrons. The molecule has 0 unspecified atom stereocenters. The van der Waals surface area contributed by atoms with E-state index in [1.165, 1.54) is 11.3 Å². The summed E-state index contributed by atoms with van der Waals surface area (Å²) in [6.45, 7) is 3.58. The number of fused-ring (bicyclic) bond motifs is 1. The average Bonchev–Trinajstić information content (AvgIpc) is 3.34. The number of aromatic nitrogens is 3. The molecule has 1 saturated carbocycles. The van der Waals surface area contributed by atoms with E-state index in [4.69, 9.17) is 0 Å². The summed E-state index contributed by atoms with van der Waals surface area (Å²) >= 11 is 0. The lowest BCUT2D eigenvalue weighted by molar-refractivity contribution is 0.147. The molecule has 2 aromatic heterocycles. The Balaban J connectivity index is 1.48. The maximum atomic E-state index is 10.3. The van der Waals surface area contributed by atoms with Crippen molar-refractivity contribution in [2.75, 3.05) is 18.9 Å². The highest BCUT2D eigenvalue weighted by molar-refractivity contribution is 5.42. The average molecular weight is 313 g/mol. The van der Waals surface area contributed by atoms with Crippen LogP contribution in [0.4, 0.5) is 5.82 Å². The molecule has 0 bridgehead atoms. The van der Waals surface area contributed by atoms with Crippen molar-refractivity contribution in [2.24, 2.45) is 5.92 Å². The molecule has 1 atom stereocenters. The van der Waals surface area contributed by atoms with Gasteiger partial charge in [0.25, 0.3) is 0 Å². The number of rotatable bonds is 5. The first-order chi connectivity index (χ1) is 11.2. The molecule has 1 fully saturated rings. The topological polar surface area (TPSA) is 66.2 Å².